The molecule has 2 amide bonds. The molecule has 3 N–H and O–H groups in total. The van der Waals surface area contributed by atoms with E-state index in [0.29, 0.717) is 0 Å². The maximum Gasteiger partial charge on any atom is 0.415 e. The zero-order valence-corrected chi connectivity index (χ0v) is 10.0. The van der Waals surface area contributed by atoms with E-state index in [1.165, 1.54) is 0 Å². The molecule has 2 rings (SSSR count). The molecule has 1 aliphatic heterocycles. The number of nitrogens with one attached hydrogen (secondary N) is 3. The molecule has 0 bridgehead atoms. The molecule has 0 aromatic rings. The Morgan fingerprint density at radius 1 is 1.22 bits per heavy atom. The fraction of sp³-hybridized carbons (Fsp3) is 0.727. The molecule has 1 unspecified atom stereocenters. The molecule has 7 nitrogen and oxygen atoms in total. The molecular weight excluding hydrogens is 238 g/mol. The molecule has 1 atom stereocenters. The van der Waals surface area contributed by atoms with Crippen molar-refractivity contribution in [2.45, 2.75) is 38.1 Å². The number of hydrogen-bond acceptors (Lipinski definition) is 5. The van der Waals surface area contributed by atoms with Gasteiger partial charge in [0.1, 0.15) is 6.04 Å². The average molecular weight is 255 g/mol. The first-order valence-corrected chi connectivity index (χ1v) is 6.21. The number of hydrazine groups is 1. The van der Waals surface area contributed by atoms with Gasteiger partial charge in [0.05, 0.1) is 5.92 Å². The number of ether oxygens (including phenoxy) is 1. The molecule has 100 valence electrons. The minimum Gasteiger partial charge on any atom is -0.376 e. The Balaban J connectivity index is 1.76. The summed E-state index contributed by atoms with van der Waals surface area (Å²) in [6, 6.07) is -0.684. The number of esters is 1. The monoisotopic (exact) mass is 255 g/mol. The first kappa shape index (κ1) is 12.8. The van der Waals surface area contributed by atoms with Crippen LogP contribution in [0.4, 0.5) is 4.79 Å². The van der Waals surface area contributed by atoms with Gasteiger partial charge in [-0.1, -0.05) is 19.3 Å². The van der Waals surface area contributed by atoms with Crippen LogP contribution in [0.5, 0.6) is 0 Å². The lowest BCUT2D eigenvalue weighted by Crippen LogP contribution is -2.43. The molecule has 0 aromatic carbocycles. The molecular formula is C11H17N3O4. The van der Waals surface area contributed by atoms with Gasteiger partial charge in [-0.15, -0.1) is 0 Å². The second kappa shape index (κ2) is 5.81. The molecule has 1 saturated carbocycles. The molecule has 1 saturated heterocycles. The van der Waals surface area contributed by atoms with Gasteiger partial charge >= 0.3 is 12.1 Å². The molecule has 0 spiro atoms. The van der Waals surface area contributed by atoms with Gasteiger partial charge < -0.3 is 10.1 Å². The van der Waals surface area contributed by atoms with E-state index >= 15 is 0 Å². The quantitative estimate of drug-likeness (QED) is 0.470. The van der Waals surface area contributed by atoms with Gasteiger partial charge in [0.2, 0.25) is 0 Å². The van der Waals surface area contributed by atoms with Gasteiger partial charge in [-0.3, -0.25) is 15.0 Å². The number of alkyl carbamates (subject to hydrolysis) is 1. The fourth-order valence-electron chi connectivity index (χ4n) is 2.22. The van der Waals surface area contributed by atoms with Crippen molar-refractivity contribution < 1.29 is 19.1 Å². The highest BCUT2D eigenvalue weighted by Crippen LogP contribution is 2.24. The van der Waals surface area contributed by atoms with Crippen molar-refractivity contribution in [2.24, 2.45) is 5.92 Å². The summed E-state index contributed by atoms with van der Waals surface area (Å²) in [7, 11) is 0. The first-order chi connectivity index (χ1) is 8.66. The van der Waals surface area contributed by atoms with Gasteiger partial charge in [-0.05, 0) is 12.8 Å². The van der Waals surface area contributed by atoms with Crippen LogP contribution in [-0.2, 0) is 14.3 Å². The van der Waals surface area contributed by atoms with E-state index in [2.05, 4.69) is 16.2 Å². The van der Waals surface area contributed by atoms with Crippen molar-refractivity contribution in [1.29, 1.82) is 0 Å². The Morgan fingerprint density at radius 2 is 1.94 bits per heavy atom. The maximum atomic E-state index is 11.7. The van der Waals surface area contributed by atoms with Gasteiger partial charge in [0.25, 0.3) is 5.91 Å². The van der Waals surface area contributed by atoms with Crippen molar-refractivity contribution >= 4 is 18.0 Å². The highest BCUT2D eigenvalue weighted by molar-refractivity contribution is 5.90. The van der Waals surface area contributed by atoms with E-state index in [1.807, 2.05) is 0 Å². The van der Waals surface area contributed by atoms with Gasteiger partial charge in [0.15, 0.2) is 0 Å². The molecule has 0 aromatic heterocycles. The minimum atomic E-state index is -0.852. The maximum absolute atomic E-state index is 11.7. The number of amides is 2. The van der Waals surface area contributed by atoms with E-state index in [0.717, 1.165) is 32.1 Å². The van der Waals surface area contributed by atoms with Gasteiger partial charge in [-0.25, -0.2) is 10.2 Å². The number of hydrogen-bond donors (Lipinski definition) is 3. The van der Waals surface area contributed by atoms with E-state index in [9.17, 15) is 14.4 Å². The van der Waals surface area contributed by atoms with E-state index < -0.39 is 18.1 Å². The Labute approximate surface area is 105 Å². The first-order valence-electron chi connectivity index (χ1n) is 6.21. The topological polar surface area (TPSA) is 96.5 Å². The lowest BCUT2D eigenvalue weighted by molar-refractivity contribution is -0.143. The van der Waals surface area contributed by atoms with Crippen LogP contribution >= 0.6 is 0 Å². The highest BCUT2D eigenvalue weighted by Gasteiger charge is 2.29. The largest absolute Gasteiger partial charge is 0.415 e. The van der Waals surface area contributed by atoms with Crippen LogP contribution in [0.15, 0.2) is 0 Å². The summed E-state index contributed by atoms with van der Waals surface area (Å²) in [5.74, 6) is -1.00. The van der Waals surface area contributed by atoms with Crippen molar-refractivity contribution in [3.8, 4) is 0 Å². The summed E-state index contributed by atoms with van der Waals surface area (Å²) in [5, 5.41) is 2.34. The standard InChI is InChI=1S/C11H17N3O4/c15-9-8(6-12-14-9)13-11(17)18-10(16)7-4-2-1-3-5-7/h7-8,12H,1-6H2,(H,13,17)(H,14,15). The Hall–Kier alpha value is -1.63. The molecule has 2 fully saturated rings. The molecule has 1 heterocycles. The Bertz CT molecular complexity index is 352. The zero-order valence-electron chi connectivity index (χ0n) is 10.0. The van der Waals surface area contributed by atoms with Crippen molar-refractivity contribution in [2.75, 3.05) is 6.54 Å². The summed E-state index contributed by atoms with van der Waals surface area (Å²) in [6.45, 7) is 0.283. The molecule has 18 heavy (non-hydrogen) atoms. The lowest BCUT2D eigenvalue weighted by Gasteiger charge is -2.19. The van der Waals surface area contributed by atoms with Crippen LogP contribution in [0.25, 0.3) is 0 Å². The predicted molar refractivity (Wildman–Crippen MR) is 61.1 cm³/mol. The molecule has 2 aliphatic rings. The number of rotatable bonds is 2. The highest BCUT2D eigenvalue weighted by atomic mass is 16.6. The van der Waals surface area contributed by atoms with Crippen LogP contribution in [0.1, 0.15) is 32.1 Å². The second-order valence-electron chi connectivity index (χ2n) is 4.61. The van der Waals surface area contributed by atoms with Crippen molar-refractivity contribution in [1.82, 2.24) is 16.2 Å². The summed E-state index contributed by atoms with van der Waals surface area (Å²) in [6.07, 6.45) is 3.82. The summed E-state index contributed by atoms with van der Waals surface area (Å²) in [4.78, 5) is 34.3. The van der Waals surface area contributed by atoms with Crippen molar-refractivity contribution in [3.63, 3.8) is 0 Å². The smallest absolute Gasteiger partial charge is 0.376 e. The van der Waals surface area contributed by atoms with E-state index in [1.54, 1.807) is 0 Å². The van der Waals surface area contributed by atoms with Crippen LogP contribution in [-0.4, -0.2) is 30.6 Å². The minimum absolute atomic E-state index is 0.181. The van der Waals surface area contributed by atoms with Crippen LogP contribution in [0.3, 0.4) is 0 Å². The zero-order chi connectivity index (χ0) is 13.0. The molecule has 0 radical (unpaired) electrons. The predicted octanol–water partition coefficient (Wildman–Crippen LogP) is -0.178. The number of carbonyl (C=O) groups excluding carboxylic acids is 3. The average Bonchev–Trinajstić information content (AvgIpc) is 2.76. The van der Waals surface area contributed by atoms with E-state index in [4.69, 9.17) is 4.74 Å². The van der Waals surface area contributed by atoms with Crippen molar-refractivity contribution in [3.05, 3.63) is 0 Å². The third-order valence-corrected chi connectivity index (χ3v) is 3.26. The second-order valence-corrected chi connectivity index (χ2v) is 4.61. The normalized spacial score (nSPS) is 24.4. The Kier molecular flexibility index (Phi) is 4.14. The van der Waals surface area contributed by atoms with Gasteiger partial charge in [-0.2, -0.15) is 0 Å². The third-order valence-electron chi connectivity index (χ3n) is 3.26. The summed E-state index contributed by atoms with van der Waals surface area (Å²) < 4.78 is 4.70. The summed E-state index contributed by atoms with van der Waals surface area (Å²) >= 11 is 0. The fourth-order valence-corrected chi connectivity index (χ4v) is 2.22. The third kappa shape index (κ3) is 3.19. The van der Waals surface area contributed by atoms with Gasteiger partial charge in [0, 0.05) is 6.54 Å². The van der Waals surface area contributed by atoms with Crippen LogP contribution in [0, 0.1) is 5.92 Å². The molecule has 1 aliphatic carbocycles. The Morgan fingerprint density at radius 3 is 2.56 bits per heavy atom. The van der Waals surface area contributed by atoms with Crippen LogP contribution in [0.2, 0.25) is 0 Å². The SMILES string of the molecule is O=C(NC1CNNC1=O)OC(=O)C1CCCCC1. The van der Waals surface area contributed by atoms with E-state index in [-0.39, 0.29) is 18.4 Å². The lowest BCUT2D eigenvalue weighted by atomic mass is 9.89. The summed E-state index contributed by atoms with van der Waals surface area (Å²) in [5.41, 5.74) is 4.94. The van der Waals surface area contributed by atoms with Crippen LogP contribution < -0.4 is 16.2 Å². The number of carbonyl (C=O) groups is 3. The molecule has 7 heteroatoms.